The van der Waals surface area contributed by atoms with E-state index in [9.17, 15) is 0 Å². The monoisotopic (exact) mass is 280 g/mol. The van der Waals surface area contributed by atoms with Crippen molar-refractivity contribution in [2.75, 3.05) is 10.2 Å². The zero-order chi connectivity index (χ0) is 12.1. The van der Waals surface area contributed by atoms with E-state index in [1.807, 2.05) is 0 Å². The molecule has 0 heterocycles. The van der Waals surface area contributed by atoms with Gasteiger partial charge < -0.3 is 0 Å². The van der Waals surface area contributed by atoms with Gasteiger partial charge in [-0.25, -0.2) is 0 Å². The third-order valence-electron chi connectivity index (χ3n) is 2.83. The summed E-state index contributed by atoms with van der Waals surface area (Å²) in [4.78, 5) is 2.72. The van der Waals surface area contributed by atoms with Gasteiger partial charge in [-0.2, -0.15) is 35.3 Å². The third-order valence-corrected chi connectivity index (χ3v) is 8.70. The van der Waals surface area contributed by atoms with Gasteiger partial charge in [0.05, 0.1) is 0 Å². The molecule has 0 nitrogen and oxygen atoms in total. The molecular weight excluding hydrogens is 264 g/mol. The Hall–Kier alpha value is -0.510. The van der Waals surface area contributed by atoms with E-state index in [0.717, 1.165) is 10.2 Å². The predicted molar refractivity (Wildman–Crippen MR) is 84.7 cm³/mol. The molecule has 0 aliphatic carbocycles. The number of benzene rings is 2. The van der Waals surface area contributed by atoms with Crippen molar-refractivity contribution in [3.8, 4) is 0 Å². The summed E-state index contributed by atoms with van der Waals surface area (Å²) in [5, 5.41) is 1.68. The quantitative estimate of drug-likeness (QED) is 0.746. The fourth-order valence-corrected chi connectivity index (χ4v) is 6.91. The second-order valence-electron chi connectivity index (χ2n) is 3.77. The van der Waals surface area contributed by atoms with E-state index in [2.05, 4.69) is 85.9 Å². The lowest BCUT2D eigenvalue weighted by molar-refractivity contribution is 1.35. The summed E-state index contributed by atoms with van der Waals surface area (Å²) < 4.78 is 0. The van der Waals surface area contributed by atoms with Crippen molar-refractivity contribution in [2.24, 2.45) is 0 Å². The van der Waals surface area contributed by atoms with Crippen LogP contribution in [0.3, 0.4) is 0 Å². The summed E-state index contributed by atoms with van der Waals surface area (Å²) in [6.07, 6.45) is 0. The molecule has 0 amide bonds. The van der Waals surface area contributed by atoms with E-state index in [1.165, 1.54) is 9.79 Å². The smallest absolute Gasteiger partial charge is 0.0289 e. The average molecular weight is 280 g/mol. The van der Waals surface area contributed by atoms with Crippen LogP contribution in [0.5, 0.6) is 0 Å². The van der Waals surface area contributed by atoms with Crippen LogP contribution in [0.15, 0.2) is 70.5 Å². The van der Waals surface area contributed by atoms with Crippen molar-refractivity contribution in [1.82, 2.24) is 0 Å². The van der Waals surface area contributed by atoms with Crippen molar-refractivity contribution < 1.29 is 0 Å². The minimum absolute atomic E-state index is 0.838. The zero-order valence-electron chi connectivity index (χ0n) is 9.49. The standard InChI is InChI=1S/C14H16S3/c15-11-17(12-16,13-7-3-1-4-8-13)14-9-5-2-6-10-14/h1-10,15-16H,11-12H2. The number of rotatable bonds is 4. The van der Waals surface area contributed by atoms with Gasteiger partial charge in [0.2, 0.25) is 0 Å². The summed E-state index contributed by atoms with van der Waals surface area (Å²) >= 11 is 9.18. The van der Waals surface area contributed by atoms with Crippen molar-refractivity contribution in [1.29, 1.82) is 0 Å². The molecule has 3 heteroatoms. The van der Waals surface area contributed by atoms with E-state index in [0.29, 0.717) is 0 Å². The largest absolute Gasteiger partial charge is 0.169 e. The van der Waals surface area contributed by atoms with Gasteiger partial charge in [-0.1, -0.05) is 36.4 Å². The highest BCUT2D eigenvalue weighted by atomic mass is 32.3. The Morgan fingerprint density at radius 1 is 0.647 bits per heavy atom. The Morgan fingerprint density at radius 2 is 1.00 bits per heavy atom. The van der Waals surface area contributed by atoms with Gasteiger partial charge in [0.1, 0.15) is 0 Å². The Balaban J connectivity index is 2.54. The summed E-state index contributed by atoms with van der Waals surface area (Å²) in [6.45, 7) is 0. The molecule has 0 N–H and O–H groups in total. The SMILES string of the molecule is SCS(CS)(c1ccccc1)c1ccccc1. The van der Waals surface area contributed by atoms with E-state index >= 15 is 0 Å². The summed E-state index contributed by atoms with van der Waals surface area (Å²) in [5.41, 5.74) is 0. The molecule has 0 fully saturated rings. The van der Waals surface area contributed by atoms with Gasteiger partial charge in [0, 0.05) is 10.2 Å². The molecule has 2 aromatic rings. The van der Waals surface area contributed by atoms with Crippen LogP contribution in [0.4, 0.5) is 0 Å². The van der Waals surface area contributed by atoms with Gasteiger partial charge in [-0.15, -0.1) is 0 Å². The molecule has 0 aromatic heterocycles. The van der Waals surface area contributed by atoms with E-state index < -0.39 is 10.0 Å². The molecule has 2 rings (SSSR count). The predicted octanol–water partition coefficient (Wildman–Crippen LogP) is 4.68. The van der Waals surface area contributed by atoms with Crippen molar-refractivity contribution >= 4 is 35.3 Å². The van der Waals surface area contributed by atoms with Gasteiger partial charge >= 0.3 is 0 Å². The van der Waals surface area contributed by atoms with Gasteiger partial charge in [-0.05, 0) is 34.1 Å². The first kappa shape index (κ1) is 12.9. The lowest BCUT2D eigenvalue weighted by Crippen LogP contribution is -2.05. The van der Waals surface area contributed by atoms with E-state index in [1.54, 1.807) is 0 Å². The van der Waals surface area contributed by atoms with Crippen LogP contribution in [0.25, 0.3) is 0 Å². The lowest BCUT2D eigenvalue weighted by Gasteiger charge is -2.38. The van der Waals surface area contributed by atoms with Crippen LogP contribution in [-0.2, 0) is 0 Å². The molecule has 17 heavy (non-hydrogen) atoms. The molecule has 0 bridgehead atoms. The van der Waals surface area contributed by atoms with Crippen molar-refractivity contribution in [3.05, 3.63) is 60.7 Å². The highest BCUT2D eigenvalue weighted by Gasteiger charge is 2.25. The number of thiol groups is 2. The van der Waals surface area contributed by atoms with Crippen LogP contribution in [0.2, 0.25) is 0 Å². The summed E-state index contributed by atoms with van der Waals surface area (Å²) in [7, 11) is -1.10. The van der Waals surface area contributed by atoms with Crippen LogP contribution >= 0.6 is 35.3 Å². The highest BCUT2D eigenvalue weighted by Crippen LogP contribution is 2.63. The molecule has 2 aromatic carbocycles. The Kier molecular flexibility index (Phi) is 4.48. The average Bonchev–Trinajstić information content (AvgIpc) is 2.43. The van der Waals surface area contributed by atoms with Crippen LogP contribution < -0.4 is 0 Å². The normalized spacial score (nSPS) is 12.4. The summed E-state index contributed by atoms with van der Waals surface area (Å²) in [5.74, 6) is 0. The molecule has 0 saturated heterocycles. The van der Waals surface area contributed by atoms with Crippen molar-refractivity contribution in [2.45, 2.75) is 9.79 Å². The number of hydrogen-bond donors (Lipinski definition) is 2. The Labute approximate surface area is 116 Å². The first-order valence-corrected chi connectivity index (χ1v) is 8.68. The van der Waals surface area contributed by atoms with Crippen molar-refractivity contribution in [3.63, 3.8) is 0 Å². The zero-order valence-corrected chi connectivity index (χ0v) is 12.1. The van der Waals surface area contributed by atoms with Crippen LogP contribution in [0, 0.1) is 0 Å². The first-order chi connectivity index (χ1) is 8.33. The maximum absolute atomic E-state index is 4.59. The molecule has 0 aliphatic heterocycles. The lowest BCUT2D eigenvalue weighted by atomic mass is 10.4. The van der Waals surface area contributed by atoms with E-state index in [4.69, 9.17) is 0 Å². The maximum atomic E-state index is 4.59. The molecule has 0 atom stereocenters. The third kappa shape index (κ3) is 2.51. The second-order valence-corrected chi connectivity index (χ2v) is 8.54. The van der Waals surface area contributed by atoms with Gasteiger partial charge in [0.25, 0.3) is 0 Å². The fraction of sp³-hybridized carbons (Fsp3) is 0.143. The molecule has 0 unspecified atom stereocenters. The van der Waals surface area contributed by atoms with Crippen LogP contribution in [0.1, 0.15) is 0 Å². The molecule has 0 spiro atoms. The van der Waals surface area contributed by atoms with Gasteiger partial charge in [-0.3, -0.25) is 0 Å². The molecule has 0 saturated carbocycles. The molecule has 0 aliphatic rings. The molecular formula is C14H16S3. The van der Waals surface area contributed by atoms with Crippen LogP contribution in [-0.4, -0.2) is 10.2 Å². The molecule has 90 valence electrons. The Bertz CT molecular complexity index is 408. The minimum atomic E-state index is -1.10. The maximum Gasteiger partial charge on any atom is 0.0289 e. The first-order valence-electron chi connectivity index (χ1n) is 5.44. The highest BCUT2D eigenvalue weighted by molar-refractivity contribution is 8.41. The van der Waals surface area contributed by atoms with E-state index in [-0.39, 0.29) is 0 Å². The molecule has 0 radical (unpaired) electrons. The topological polar surface area (TPSA) is 0 Å². The van der Waals surface area contributed by atoms with Gasteiger partial charge in [0.15, 0.2) is 0 Å². The minimum Gasteiger partial charge on any atom is -0.169 e. The summed E-state index contributed by atoms with van der Waals surface area (Å²) in [6, 6.07) is 21.2. The number of hydrogen-bond acceptors (Lipinski definition) is 2. The fourth-order valence-electron chi connectivity index (χ4n) is 1.84. The second kappa shape index (κ2) is 5.89. The Morgan fingerprint density at radius 3 is 1.29 bits per heavy atom.